The van der Waals surface area contributed by atoms with Gasteiger partial charge in [-0.05, 0) is 14.1 Å². The van der Waals surface area contributed by atoms with E-state index in [2.05, 4.69) is 6.07 Å². The van der Waals surface area contributed by atoms with E-state index in [1.54, 1.807) is 0 Å². The molecule has 46 valence electrons. The van der Waals surface area contributed by atoms with Gasteiger partial charge in [0, 0.05) is 13.0 Å². The number of hydrogen-bond donors (Lipinski definition) is 0. The highest BCUT2D eigenvalue weighted by atomic mass is 15.0. The maximum Gasteiger partial charge on any atom is 0.0814 e. The Hall–Kier alpha value is -0.485. The number of nitriles is 1. The third-order valence-corrected chi connectivity index (χ3v) is 0.671. The Morgan fingerprint density at radius 1 is 1.50 bits per heavy atom. The molecule has 0 unspecified atom stereocenters. The van der Waals surface area contributed by atoms with Crippen LogP contribution in [-0.4, -0.2) is 34.0 Å². The van der Waals surface area contributed by atoms with Gasteiger partial charge in [-0.25, -0.2) is 0 Å². The lowest BCUT2D eigenvalue weighted by Gasteiger charge is -2.02. The SMILES string of the molecule is B.CN(C)CCC#N. The van der Waals surface area contributed by atoms with Gasteiger partial charge in [-0.2, -0.15) is 5.26 Å². The fourth-order valence-corrected chi connectivity index (χ4v) is 0.274. The lowest BCUT2D eigenvalue weighted by atomic mass is 10.4. The molecule has 3 heteroatoms. The molecule has 0 spiro atoms. The van der Waals surface area contributed by atoms with Crippen LogP contribution in [0.1, 0.15) is 6.42 Å². The third kappa shape index (κ3) is 9.10. The largest absolute Gasteiger partial charge is 0.308 e. The molecule has 0 heterocycles. The summed E-state index contributed by atoms with van der Waals surface area (Å²) in [4.78, 5) is 1.99. The Kier molecular flexibility index (Phi) is 8.54. The summed E-state index contributed by atoms with van der Waals surface area (Å²) in [5, 5.41) is 8.04. The molecular formula is C5H13BN2. The van der Waals surface area contributed by atoms with Crippen LogP contribution in [0.4, 0.5) is 0 Å². The molecule has 0 atom stereocenters. The van der Waals surface area contributed by atoms with Crippen molar-refractivity contribution in [3.8, 4) is 6.07 Å². The first-order valence-electron chi connectivity index (χ1n) is 2.29. The van der Waals surface area contributed by atoms with Crippen LogP contribution in [0.5, 0.6) is 0 Å². The van der Waals surface area contributed by atoms with Crippen molar-refractivity contribution in [2.75, 3.05) is 20.6 Å². The predicted octanol–water partition coefficient (Wildman–Crippen LogP) is -0.722. The molecule has 0 radical (unpaired) electrons. The van der Waals surface area contributed by atoms with Gasteiger partial charge in [0.1, 0.15) is 0 Å². The van der Waals surface area contributed by atoms with Crippen LogP contribution in [0.15, 0.2) is 0 Å². The molecular weight excluding hydrogens is 98.9 g/mol. The standard InChI is InChI=1S/C5H10N2.BH3/c1-7(2)5-3-4-6;/h3,5H2,1-2H3;1H3. The van der Waals surface area contributed by atoms with E-state index in [-0.39, 0.29) is 8.41 Å². The summed E-state index contributed by atoms with van der Waals surface area (Å²) in [7, 11) is 3.91. The molecule has 0 amide bonds. The van der Waals surface area contributed by atoms with Gasteiger partial charge in [0.05, 0.1) is 14.5 Å². The molecule has 0 aromatic carbocycles. The summed E-state index contributed by atoms with van der Waals surface area (Å²) in [6.45, 7) is 0.872. The lowest BCUT2D eigenvalue weighted by Crippen LogP contribution is -2.11. The van der Waals surface area contributed by atoms with E-state index >= 15 is 0 Å². The molecule has 0 saturated carbocycles. The first kappa shape index (κ1) is 10.5. The summed E-state index contributed by atoms with van der Waals surface area (Å²) in [5.74, 6) is 0. The molecule has 0 rings (SSSR count). The zero-order chi connectivity index (χ0) is 5.70. The van der Waals surface area contributed by atoms with Gasteiger partial charge in [-0.1, -0.05) is 0 Å². The van der Waals surface area contributed by atoms with Crippen LogP contribution in [0.3, 0.4) is 0 Å². The van der Waals surface area contributed by atoms with Gasteiger partial charge in [-0.15, -0.1) is 0 Å². The number of hydrogen-bond acceptors (Lipinski definition) is 2. The Bertz CT molecular complexity index is 75.0. The summed E-state index contributed by atoms with van der Waals surface area (Å²) >= 11 is 0. The fraction of sp³-hybridized carbons (Fsp3) is 0.800. The normalized spacial score (nSPS) is 7.75. The highest BCUT2D eigenvalue weighted by Gasteiger charge is 1.83. The van der Waals surface area contributed by atoms with Crippen molar-refractivity contribution in [3.63, 3.8) is 0 Å². The topological polar surface area (TPSA) is 27.0 Å². The van der Waals surface area contributed by atoms with Crippen molar-refractivity contribution in [1.29, 1.82) is 5.26 Å². The van der Waals surface area contributed by atoms with Crippen molar-refractivity contribution in [2.45, 2.75) is 6.42 Å². The van der Waals surface area contributed by atoms with Crippen LogP contribution in [0.2, 0.25) is 0 Å². The fourth-order valence-electron chi connectivity index (χ4n) is 0.274. The molecule has 8 heavy (non-hydrogen) atoms. The van der Waals surface area contributed by atoms with Gasteiger partial charge in [0.2, 0.25) is 0 Å². The van der Waals surface area contributed by atoms with E-state index in [4.69, 9.17) is 5.26 Å². The molecule has 0 aromatic rings. The molecule has 2 nitrogen and oxygen atoms in total. The van der Waals surface area contributed by atoms with Crippen LogP contribution in [0, 0.1) is 11.3 Å². The monoisotopic (exact) mass is 112 g/mol. The molecule has 0 aliphatic rings. The molecule has 0 aromatic heterocycles. The van der Waals surface area contributed by atoms with E-state index in [9.17, 15) is 0 Å². The van der Waals surface area contributed by atoms with Crippen LogP contribution in [0.25, 0.3) is 0 Å². The summed E-state index contributed by atoms with van der Waals surface area (Å²) < 4.78 is 0. The third-order valence-electron chi connectivity index (χ3n) is 0.671. The smallest absolute Gasteiger partial charge is 0.0814 e. The van der Waals surface area contributed by atoms with E-state index in [0.717, 1.165) is 6.54 Å². The molecule has 0 saturated heterocycles. The average Bonchev–Trinajstić information content (AvgIpc) is 1.61. The Morgan fingerprint density at radius 3 is 2.12 bits per heavy atom. The van der Waals surface area contributed by atoms with Crippen LogP contribution in [-0.2, 0) is 0 Å². The van der Waals surface area contributed by atoms with E-state index < -0.39 is 0 Å². The molecule has 0 fully saturated rings. The molecule has 0 bridgehead atoms. The van der Waals surface area contributed by atoms with Gasteiger partial charge < -0.3 is 4.90 Å². The van der Waals surface area contributed by atoms with Crippen molar-refractivity contribution in [1.82, 2.24) is 4.90 Å². The Morgan fingerprint density at radius 2 is 2.00 bits per heavy atom. The first-order valence-corrected chi connectivity index (χ1v) is 2.29. The summed E-state index contributed by atoms with van der Waals surface area (Å²) in [6.07, 6.45) is 0.632. The van der Waals surface area contributed by atoms with E-state index in [0.29, 0.717) is 6.42 Å². The second-order valence-corrected chi connectivity index (χ2v) is 1.71. The van der Waals surface area contributed by atoms with Crippen molar-refractivity contribution < 1.29 is 0 Å². The van der Waals surface area contributed by atoms with Gasteiger partial charge in [0.25, 0.3) is 0 Å². The van der Waals surface area contributed by atoms with Crippen molar-refractivity contribution in [2.24, 2.45) is 0 Å². The summed E-state index contributed by atoms with van der Waals surface area (Å²) in [6, 6.07) is 2.06. The van der Waals surface area contributed by atoms with E-state index in [1.165, 1.54) is 0 Å². The minimum absolute atomic E-state index is 0. The molecule has 0 aliphatic heterocycles. The van der Waals surface area contributed by atoms with Crippen molar-refractivity contribution in [3.05, 3.63) is 0 Å². The minimum atomic E-state index is 0. The predicted molar refractivity (Wildman–Crippen MR) is 38.7 cm³/mol. The summed E-state index contributed by atoms with van der Waals surface area (Å²) in [5.41, 5.74) is 0. The molecule has 0 N–H and O–H groups in total. The van der Waals surface area contributed by atoms with E-state index in [1.807, 2.05) is 19.0 Å². The maximum atomic E-state index is 8.04. The number of nitrogens with zero attached hydrogens (tertiary/aromatic N) is 2. The quantitative estimate of drug-likeness (QED) is 0.440. The maximum absolute atomic E-state index is 8.04. The molecule has 0 aliphatic carbocycles. The van der Waals surface area contributed by atoms with Gasteiger partial charge in [-0.3, -0.25) is 0 Å². The second kappa shape index (κ2) is 6.51. The highest BCUT2D eigenvalue weighted by Crippen LogP contribution is 1.76. The minimum Gasteiger partial charge on any atom is -0.308 e. The number of rotatable bonds is 2. The Balaban J connectivity index is 0. The van der Waals surface area contributed by atoms with Crippen LogP contribution < -0.4 is 0 Å². The zero-order valence-electron chi connectivity index (χ0n) is 4.81. The zero-order valence-corrected chi connectivity index (χ0v) is 4.81. The van der Waals surface area contributed by atoms with Crippen molar-refractivity contribution >= 4 is 8.41 Å². The first-order chi connectivity index (χ1) is 3.27. The van der Waals surface area contributed by atoms with Crippen LogP contribution >= 0.6 is 0 Å². The second-order valence-electron chi connectivity index (χ2n) is 1.71. The average molecular weight is 112 g/mol. The lowest BCUT2D eigenvalue weighted by molar-refractivity contribution is 0.419. The van der Waals surface area contributed by atoms with Gasteiger partial charge >= 0.3 is 0 Å². The van der Waals surface area contributed by atoms with Gasteiger partial charge in [0.15, 0.2) is 0 Å². The highest BCUT2D eigenvalue weighted by molar-refractivity contribution is 5.75. The Labute approximate surface area is 52.7 Å².